The average molecular weight is 302 g/mol. The van der Waals surface area contributed by atoms with E-state index < -0.39 is 0 Å². The molecule has 2 aromatic rings. The fraction of sp³-hybridized carbons (Fsp3) is 0.353. The molecule has 0 saturated carbocycles. The number of anilines is 2. The molecule has 2 heterocycles. The maximum absolute atomic E-state index is 6.27. The van der Waals surface area contributed by atoms with Crippen LogP contribution in [-0.2, 0) is 13.0 Å². The summed E-state index contributed by atoms with van der Waals surface area (Å²) < 4.78 is 0. The number of hydrogen-bond acceptors (Lipinski definition) is 3. The molecule has 0 radical (unpaired) electrons. The Labute approximate surface area is 131 Å². The van der Waals surface area contributed by atoms with Gasteiger partial charge in [-0.25, -0.2) is 4.98 Å². The number of nitrogens with zero attached hydrogens (tertiary/aromatic N) is 2. The summed E-state index contributed by atoms with van der Waals surface area (Å²) >= 11 is 6.27. The minimum Gasteiger partial charge on any atom is -0.326 e. The Balaban J connectivity index is 1.88. The second-order valence-corrected chi connectivity index (χ2v) is 6.11. The van der Waals surface area contributed by atoms with Crippen LogP contribution in [0.1, 0.15) is 25.0 Å². The standard InChI is InChI=1S/C17H20ClN3/c1-12(2)19-10-14-9-17(20-11-15(14)18)21-8-7-13-5-3-4-6-16(13)21/h3-6,9,11-12,19H,7-8,10H2,1-2H3. The zero-order valence-electron chi connectivity index (χ0n) is 12.4. The lowest BCUT2D eigenvalue weighted by molar-refractivity contribution is 0.588. The molecule has 1 aromatic carbocycles. The van der Waals surface area contributed by atoms with Gasteiger partial charge in [0, 0.05) is 31.0 Å². The van der Waals surface area contributed by atoms with E-state index in [1.54, 1.807) is 6.20 Å². The molecule has 4 heteroatoms. The second kappa shape index (κ2) is 6.04. The molecule has 3 nitrogen and oxygen atoms in total. The number of fused-ring (bicyclic) bond motifs is 1. The highest BCUT2D eigenvalue weighted by molar-refractivity contribution is 6.31. The number of aromatic nitrogens is 1. The molecule has 0 aliphatic carbocycles. The van der Waals surface area contributed by atoms with Gasteiger partial charge in [0.15, 0.2) is 0 Å². The van der Waals surface area contributed by atoms with Gasteiger partial charge in [-0.1, -0.05) is 43.6 Å². The van der Waals surface area contributed by atoms with E-state index in [0.29, 0.717) is 6.04 Å². The molecule has 0 fully saturated rings. The molecule has 3 rings (SSSR count). The Morgan fingerprint density at radius 3 is 2.95 bits per heavy atom. The van der Waals surface area contributed by atoms with Crippen LogP contribution in [-0.4, -0.2) is 17.6 Å². The van der Waals surface area contributed by atoms with E-state index in [1.807, 2.05) is 0 Å². The number of benzene rings is 1. The topological polar surface area (TPSA) is 28.2 Å². The quantitative estimate of drug-likeness (QED) is 0.927. The van der Waals surface area contributed by atoms with E-state index in [-0.39, 0.29) is 0 Å². The highest BCUT2D eigenvalue weighted by Gasteiger charge is 2.21. The third-order valence-corrected chi connectivity index (χ3v) is 4.13. The van der Waals surface area contributed by atoms with Gasteiger partial charge in [0.2, 0.25) is 0 Å². The van der Waals surface area contributed by atoms with Gasteiger partial charge >= 0.3 is 0 Å². The van der Waals surface area contributed by atoms with Gasteiger partial charge < -0.3 is 10.2 Å². The summed E-state index contributed by atoms with van der Waals surface area (Å²) in [6, 6.07) is 11.0. The van der Waals surface area contributed by atoms with Crippen LogP contribution in [0.2, 0.25) is 5.02 Å². The van der Waals surface area contributed by atoms with Crippen LogP contribution in [0.5, 0.6) is 0 Å². The van der Waals surface area contributed by atoms with E-state index in [4.69, 9.17) is 11.6 Å². The van der Waals surface area contributed by atoms with Crippen molar-refractivity contribution in [3.63, 3.8) is 0 Å². The summed E-state index contributed by atoms with van der Waals surface area (Å²) in [6.07, 6.45) is 2.83. The van der Waals surface area contributed by atoms with E-state index >= 15 is 0 Å². The van der Waals surface area contributed by atoms with Gasteiger partial charge in [0.25, 0.3) is 0 Å². The van der Waals surface area contributed by atoms with Crippen LogP contribution in [0, 0.1) is 0 Å². The van der Waals surface area contributed by atoms with Crippen molar-refractivity contribution in [2.75, 3.05) is 11.4 Å². The van der Waals surface area contributed by atoms with E-state index in [0.717, 1.165) is 35.9 Å². The summed E-state index contributed by atoms with van der Waals surface area (Å²) in [5.41, 5.74) is 3.74. The van der Waals surface area contributed by atoms with Crippen LogP contribution in [0.15, 0.2) is 36.5 Å². The van der Waals surface area contributed by atoms with Crippen LogP contribution >= 0.6 is 11.6 Å². The number of para-hydroxylation sites is 1. The van der Waals surface area contributed by atoms with E-state index in [1.165, 1.54) is 11.3 Å². The van der Waals surface area contributed by atoms with Crippen molar-refractivity contribution in [2.45, 2.75) is 32.9 Å². The third-order valence-electron chi connectivity index (χ3n) is 3.78. The first-order valence-corrected chi connectivity index (χ1v) is 7.76. The highest BCUT2D eigenvalue weighted by atomic mass is 35.5. The maximum Gasteiger partial charge on any atom is 0.133 e. The molecule has 0 spiro atoms. The van der Waals surface area contributed by atoms with Crippen LogP contribution < -0.4 is 10.2 Å². The molecule has 0 atom stereocenters. The maximum atomic E-state index is 6.27. The number of nitrogens with one attached hydrogen (secondary N) is 1. The first-order valence-electron chi connectivity index (χ1n) is 7.38. The molecule has 1 aliphatic heterocycles. The third kappa shape index (κ3) is 3.04. The van der Waals surface area contributed by atoms with Crippen molar-refractivity contribution in [1.29, 1.82) is 0 Å². The van der Waals surface area contributed by atoms with Gasteiger partial charge in [-0.2, -0.15) is 0 Å². The fourth-order valence-electron chi connectivity index (χ4n) is 2.64. The Bertz CT molecular complexity index is 640. The Kier molecular flexibility index (Phi) is 4.13. The molecule has 21 heavy (non-hydrogen) atoms. The number of hydrogen-bond donors (Lipinski definition) is 1. The summed E-state index contributed by atoms with van der Waals surface area (Å²) in [6.45, 7) is 6.01. The van der Waals surface area contributed by atoms with Crippen molar-refractivity contribution in [1.82, 2.24) is 10.3 Å². The Morgan fingerprint density at radius 2 is 2.14 bits per heavy atom. The Hall–Kier alpha value is -1.58. The van der Waals surface area contributed by atoms with Gasteiger partial charge in [0.1, 0.15) is 5.82 Å². The number of rotatable bonds is 4. The molecular formula is C17H20ClN3. The monoisotopic (exact) mass is 301 g/mol. The first-order chi connectivity index (χ1) is 10.1. The average Bonchev–Trinajstić information content (AvgIpc) is 2.90. The number of pyridine rings is 1. The summed E-state index contributed by atoms with van der Waals surface area (Å²) in [5.74, 6) is 0.977. The lowest BCUT2D eigenvalue weighted by Gasteiger charge is -2.20. The molecule has 0 saturated heterocycles. The van der Waals surface area contributed by atoms with Gasteiger partial charge in [-0.3, -0.25) is 0 Å². The van der Waals surface area contributed by atoms with Gasteiger partial charge in [-0.15, -0.1) is 0 Å². The van der Waals surface area contributed by atoms with Crippen molar-refractivity contribution < 1.29 is 0 Å². The van der Waals surface area contributed by atoms with Crippen molar-refractivity contribution in [3.8, 4) is 0 Å². The minimum atomic E-state index is 0.435. The van der Waals surface area contributed by atoms with Crippen LogP contribution in [0.25, 0.3) is 0 Å². The summed E-state index contributed by atoms with van der Waals surface area (Å²) in [4.78, 5) is 6.78. The lowest BCUT2D eigenvalue weighted by Crippen LogP contribution is -2.22. The van der Waals surface area contributed by atoms with Gasteiger partial charge in [0.05, 0.1) is 5.02 Å². The molecule has 1 N–H and O–H groups in total. The number of halogens is 1. The minimum absolute atomic E-state index is 0.435. The molecule has 0 bridgehead atoms. The first kappa shape index (κ1) is 14.4. The molecule has 0 amide bonds. The Morgan fingerprint density at radius 1 is 1.33 bits per heavy atom. The molecule has 0 unspecified atom stereocenters. The lowest BCUT2D eigenvalue weighted by atomic mass is 10.2. The predicted octanol–water partition coefficient (Wildman–Crippen LogP) is 3.93. The summed E-state index contributed by atoms with van der Waals surface area (Å²) in [7, 11) is 0. The largest absolute Gasteiger partial charge is 0.326 e. The van der Waals surface area contributed by atoms with Crippen LogP contribution in [0.4, 0.5) is 11.5 Å². The fourth-order valence-corrected chi connectivity index (χ4v) is 2.81. The molecule has 110 valence electrons. The molecular weight excluding hydrogens is 282 g/mol. The normalized spacial score (nSPS) is 13.8. The summed E-state index contributed by atoms with van der Waals surface area (Å²) in [5, 5.41) is 4.13. The van der Waals surface area contributed by atoms with Gasteiger partial charge in [-0.05, 0) is 29.7 Å². The van der Waals surface area contributed by atoms with Crippen molar-refractivity contribution >= 4 is 23.1 Å². The molecule has 1 aromatic heterocycles. The predicted molar refractivity (Wildman–Crippen MR) is 88.4 cm³/mol. The van der Waals surface area contributed by atoms with Crippen LogP contribution in [0.3, 0.4) is 0 Å². The van der Waals surface area contributed by atoms with Crippen molar-refractivity contribution in [3.05, 3.63) is 52.7 Å². The second-order valence-electron chi connectivity index (χ2n) is 5.70. The molecule has 1 aliphatic rings. The van der Waals surface area contributed by atoms with E-state index in [9.17, 15) is 0 Å². The van der Waals surface area contributed by atoms with E-state index in [2.05, 4.69) is 59.4 Å². The zero-order chi connectivity index (χ0) is 14.8. The SMILES string of the molecule is CC(C)NCc1cc(N2CCc3ccccc32)ncc1Cl. The van der Waals surface area contributed by atoms with Crippen molar-refractivity contribution in [2.24, 2.45) is 0 Å². The smallest absolute Gasteiger partial charge is 0.133 e. The highest BCUT2D eigenvalue weighted by Crippen LogP contribution is 2.34. The zero-order valence-corrected chi connectivity index (χ0v) is 13.2.